The number of rotatable bonds is 6. The minimum atomic E-state index is -0.152. The van der Waals surface area contributed by atoms with Gasteiger partial charge in [-0.1, -0.05) is 38.1 Å². The second kappa shape index (κ2) is 8.79. The van der Waals surface area contributed by atoms with Gasteiger partial charge in [0.05, 0.1) is 26.3 Å². The molecule has 4 rings (SSSR count). The van der Waals surface area contributed by atoms with Crippen LogP contribution in [0.4, 0.5) is 5.95 Å². The quantitative estimate of drug-likeness (QED) is 0.591. The Morgan fingerprint density at radius 2 is 1.52 bits per heavy atom. The largest absolute Gasteiger partial charge is 0.497 e. The predicted molar refractivity (Wildman–Crippen MR) is 118 cm³/mol. The predicted octanol–water partition coefficient (Wildman–Crippen LogP) is 4.41. The van der Waals surface area contributed by atoms with Crippen molar-refractivity contribution < 1.29 is 14.3 Å². The summed E-state index contributed by atoms with van der Waals surface area (Å²) in [4.78, 5) is 19.6. The van der Waals surface area contributed by atoms with Gasteiger partial charge in [-0.05, 0) is 47.7 Å². The maximum absolute atomic E-state index is 13.3. The van der Waals surface area contributed by atoms with Gasteiger partial charge < -0.3 is 9.47 Å². The number of hydrogen-bond acceptors (Lipinski definition) is 5. The summed E-state index contributed by atoms with van der Waals surface area (Å²) in [5.41, 5.74) is 2.15. The Balaban J connectivity index is 1.78. The fourth-order valence-corrected chi connectivity index (χ4v) is 4.14. The molecule has 0 bridgehead atoms. The van der Waals surface area contributed by atoms with Gasteiger partial charge in [0.1, 0.15) is 17.8 Å². The molecule has 162 valence electrons. The number of anilines is 1. The molecule has 2 aromatic carbocycles. The van der Waals surface area contributed by atoms with Crippen LogP contribution in [-0.4, -0.2) is 34.9 Å². The van der Waals surface area contributed by atoms with Crippen LogP contribution in [-0.2, 0) is 4.79 Å². The molecular weight excluding hydrogens is 392 g/mol. The number of carbonyl (C=O) groups excluding carboxylic acids is 1. The van der Waals surface area contributed by atoms with Crippen molar-refractivity contribution in [3.05, 3.63) is 66.0 Å². The number of ether oxygens (including phenoxy) is 2. The van der Waals surface area contributed by atoms with E-state index in [4.69, 9.17) is 9.47 Å². The van der Waals surface area contributed by atoms with Gasteiger partial charge in [-0.15, -0.1) is 0 Å². The first-order valence-electron chi connectivity index (χ1n) is 10.5. The average molecular weight is 421 g/mol. The molecule has 2 atom stereocenters. The van der Waals surface area contributed by atoms with E-state index in [-0.39, 0.29) is 23.9 Å². The first kappa shape index (κ1) is 20.9. The average Bonchev–Trinajstić information content (AvgIpc) is 3.27. The fraction of sp³-hybridized carbons (Fsp3) is 0.375. The highest BCUT2D eigenvalue weighted by Gasteiger charge is 2.39. The lowest BCUT2D eigenvalue weighted by molar-refractivity contribution is -0.120. The first-order chi connectivity index (χ1) is 15.0. The molecule has 0 unspecified atom stereocenters. The molecule has 0 saturated carbocycles. The zero-order valence-electron chi connectivity index (χ0n) is 18.4. The molecule has 0 spiro atoms. The Morgan fingerprint density at radius 1 is 0.968 bits per heavy atom. The molecule has 3 aromatic rings. The number of amides is 1. The molecule has 7 nitrogen and oxygen atoms in total. The lowest BCUT2D eigenvalue weighted by Crippen LogP contribution is -2.43. The van der Waals surface area contributed by atoms with E-state index in [0.29, 0.717) is 18.8 Å². The number of aromatic nitrogens is 3. The fourth-order valence-electron chi connectivity index (χ4n) is 4.14. The number of carbonyl (C=O) groups is 1. The van der Waals surface area contributed by atoms with E-state index in [0.717, 1.165) is 22.6 Å². The molecule has 2 heterocycles. The van der Waals surface area contributed by atoms with Crippen LogP contribution in [0.1, 0.15) is 49.9 Å². The summed E-state index contributed by atoms with van der Waals surface area (Å²) in [6, 6.07) is 15.7. The highest BCUT2D eigenvalue weighted by molar-refractivity contribution is 5.93. The van der Waals surface area contributed by atoms with Crippen LogP contribution in [0.25, 0.3) is 0 Å². The smallest absolute Gasteiger partial charge is 0.231 e. The Hall–Kier alpha value is -3.35. The lowest BCUT2D eigenvalue weighted by Gasteiger charge is -2.39. The van der Waals surface area contributed by atoms with E-state index in [2.05, 4.69) is 23.9 Å². The SMILES string of the molecule is COc1ccc([C@@H]2C[C@@H](c3ccc(OC)cc3)n3ncnc3N2C(=O)CC(C)C)cc1. The lowest BCUT2D eigenvalue weighted by atomic mass is 9.91. The standard InChI is InChI=1S/C24H28N4O3/c1-16(2)13-23(29)27-21(17-5-9-19(30-3)10-6-17)14-22(28-24(27)25-15-26-28)18-7-11-20(31-4)12-8-18/h5-12,15-16,21-22H,13-14H2,1-4H3/t21-,22-/m0/s1. The van der Waals surface area contributed by atoms with Crippen LogP contribution in [0, 0.1) is 5.92 Å². The van der Waals surface area contributed by atoms with Gasteiger partial charge in [0.25, 0.3) is 0 Å². The summed E-state index contributed by atoms with van der Waals surface area (Å²) in [5.74, 6) is 2.48. The van der Waals surface area contributed by atoms with Crippen molar-refractivity contribution in [1.82, 2.24) is 14.8 Å². The van der Waals surface area contributed by atoms with Gasteiger partial charge in [0.15, 0.2) is 0 Å². The van der Waals surface area contributed by atoms with Gasteiger partial charge in [0.2, 0.25) is 11.9 Å². The summed E-state index contributed by atoms with van der Waals surface area (Å²) >= 11 is 0. The Labute approximate surface area is 182 Å². The minimum absolute atomic E-state index is 0.0430. The van der Waals surface area contributed by atoms with E-state index in [1.165, 1.54) is 6.33 Å². The molecule has 7 heteroatoms. The third kappa shape index (κ3) is 4.13. The molecule has 0 fully saturated rings. The van der Waals surface area contributed by atoms with E-state index in [9.17, 15) is 4.79 Å². The van der Waals surface area contributed by atoms with Gasteiger partial charge in [-0.2, -0.15) is 10.1 Å². The molecule has 0 aliphatic carbocycles. The van der Waals surface area contributed by atoms with Crippen LogP contribution < -0.4 is 14.4 Å². The molecule has 1 aliphatic heterocycles. The van der Waals surface area contributed by atoms with Gasteiger partial charge in [-0.25, -0.2) is 4.68 Å². The number of fused-ring (bicyclic) bond motifs is 1. The number of benzene rings is 2. The number of methoxy groups -OCH3 is 2. The zero-order valence-corrected chi connectivity index (χ0v) is 18.4. The van der Waals surface area contributed by atoms with Crippen molar-refractivity contribution in [3.63, 3.8) is 0 Å². The minimum Gasteiger partial charge on any atom is -0.497 e. The second-order valence-corrected chi connectivity index (χ2v) is 8.18. The summed E-state index contributed by atoms with van der Waals surface area (Å²) in [6.07, 6.45) is 2.67. The maximum Gasteiger partial charge on any atom is 0.231 e. The second-order valence-electron chi connectivity index (χ2n) is 8.18. The van der Waals surface area contributed by atoms with Gasteiger partial charge in [0, 0.05) is 6.42 Å². The first-order valence-corrected chi connectivity index (χ1v) is 10.5. The monoisotopic (exact) mass is 420 g/mol. The number of nitrogens with zero attached hydrogens (tertiary/aromatic N) is 4. The van der Waals surface area contributed by atoms with Crippen molar-refractivity contribution in [3.8, 4) is 11.5 Å². The van der Waals surface area contributed by atoms with E-state index in [1.807, 2.05) is 58.1 Å². The summed E-state index contributed by atoms with van der Waals surface area (Å²) < 4.78 is 12.5. The molecule has 1 aliphatic rings. The molecule has 0 saturated heterocycles. The van der Waals surface area contributed by atoms with Crippen molar-refractivity contribution in [2.45, 2.75) is 38.8 Å². The zero-order chi connectivity index (χ0) is 22.0. The van der Waals surface area contributed by atoms with Crippen LogP contribution in [0.2, 0.25) is 0 Å². The van der Waals surface area contributed by atoms with Crippen molar-refractivity contribution in [2.75, 3.05) is 19.1 Å². The molecule has 1 aromatic heterocycles. The van der Waals surface area contributed by atoms with Gasteiger partial charge in [-0.3, -0.25) is 9.69 Å². The molecule has 0 radical (unpaired) electrons. The van der Waals surface area contributed by atoms with Crippen LogP contribution >= 0.6 is 0 Å². The topological polar surface area (TPSA) is 69.5 Å². The van der Waals surface area contributed by atoms with Crippen LogP contribution in [0.15, 0.2) is 54.9 Å². The molecule has 31 heavy (non-hydrogen) atoms. The Morgan fingerprint density at radius 3 is 2.03 bits per heavy atom. The van der Waals surface area contributed by atoms with Crippen LogP contribution in [0.5, 0.6) is 11.5 Å². The van der Waals surface area contributed by atoms with Crippen LogP contribution in [0.3, 0.4) is 0 Å². The maximum atomic E-state index is 13.3. The molecule has 0 N–H and O–H groups in total. The molecule has 1 amide bonds. The summed E-state index contributed by atoms with van der Waals surface area (Å²) in [7, 11) is 3.30. The highest BCUT2D eigenvalue weighted by Crippen LogP contribution is 2.42. The number of hydrogen-bond donors (Lipinski definition) is 0. The van der Waals surface area contributed by atoms with Crippen molar-refractivity contribution >= 4 is 11.9 Å². The van der Waals surface area contributed by atoms with Gasteiger partial charge >= 0.3 is 0 Å². The summed E-state index contributed by atoms with van der Waals surface area (Å²) in [6.45, 7) is 4.10. The van der Waals surface area contributed by atoms with E-state index in [1.54, 1.807) is 14.2 Å². The Bertz CT molecular complexity index is 1030. The Kier molecular flexibility index (Phi) is 5.93. The van der Waals surface area contributed by atoms with E-state index < -0.39 is 0 Å². The normalized spacial score (nSPS) is 18.0. The molecular formula is C24H28N4O3. The van der Waals surface area contributed by atoms with Crippen molar-refractivity contribution in [2.24, 2.45) is 5.92 Å². The third-order valence-corrected chi connectivity index (χ3v) is 5.68. The third-order valence-electron chi connectivity index (χ3n) is 5.68. The highest BCUT2D eigenvalue weighted by atomic mass is 16.5. The van der Waals surface area contributed by atoms with E-state index >= 15 is 0 Å². The summed E-state index contributed by atoms with van der Waals surface area (Å²) in [5, 5.41) is 4.48. The van der Waals surface area contributed by atoms with Crippen molar-refractivity contribution in [1.29, 1.82) is 0 Å².